The topological polar surface area (TPSA) is 58.7 Å². The van der Waals surface area contributed by atoms with Crippen LogP contribution in [-0.2, 0) is 10.3 Å². The van der Waals surface area contributed by atoms with Crippen molar-refractivity contribution in [3.8, 4) is 0 Å². The van der Waals surface area contributed by atoms with Crippen molar-refractivity contribution in [2.75, 3.05) is 7.05 Å². The van der Waals surface area contributed by atoms with Crippen molar-refractivity contribution in [2.24, 2.45) is 16.1 Å². The summed E-state index contributed by atoms with van der Waals surface area (Å²) >= 11 is 0. The zero-order valence-corrected chi connectivity index (χ0v) is 11.6. The Balaban J connectivity index is 2.71. The van der Waals surface area contributed by atoms with E-state index in [9.17, 15) is 9.18 Å². The van der Waals surface area contributed by atoms with Gasteiger partial charge in [0.05, 0.1) is 5.41 Å². The first-order chi connectivity index (χ1) is 8.72. The molecule has 4 nitrogen and oxygen atoms in total. The standard InChI is InChI=1S/C14H18FN3O/c1-13(2)11(19)18(4)12(16)17-14(13,3)9-7-5-6-8-10(9)15/h5-8H,1-4H3,(H2,16,17). The molecule has 0 aliphatic carbocycles. The van der Waals surface area contributed by atoms with Gasteiger partial charge in [-0.2, -0.15) is 0 Å². The maximum absolute atomic E-state index is 14.1. The number of nitrogens with zero attached hydrogens (tertiary/aromatic N) is 2. The summed E-state index contributed by atoms with van der Waals surface area (Å²) in [5.74, 6) is -0.451. The summed E-state index contributed by atoms with van der Waals surface area (Å²) < 4.78 is 14.1. The van der Waals surface area contributed by atoms with Gasteiger partial charge in [-0.05, 0) is 26.8 Å². The van der Waals surface area contributed by atoms with Crippen molar-refractivity contribution in [2.45, 2.75) is 26.3 Å². The Morgan fingerprint density at radius 1 is 1.26 bits per heavy atom. The molecule has 1 aromatic carbocycles. The van der Waals surface area contributed by atoms with Crippen LogP contribution in [0.25, 0.3) is 0 Å². The number of nitrogens with two attached hydrogens (primary N) is 1. The molecule has 2 rings (SSSR count). The number of carbonyl (C=O) groups excluding carboxylic acids is 1. The first-order valence-corrected chi connectivity index (χ1v) is 6.10. The average Bonchev–Trinajstić information content (AvgIpc) is 2.35. The van der Waals surface area contributed by atoms with Crippen LogP contribution in [0.1, 0.15) is 26.3 Å². The van der Waals surface area contributed by atoms with Gasteiger partial charge in [-0.3, -0.25) is 9.69 Å². The number of rotatable bonds is 1. The third-order valence-corrected chi connectivity index (χ3v) is 4.14. The van der Waals surface area contributed by atoms with Gasteiger partial charge >= 0.3 is 0 Å². The van der Waals surface area contributed by atoms with Gasteiger partial charge in [-0.15, -0.1) is 0 Å². The van der Waals surface area contributed by atoms with Crippen LogP contribution in [0.4, 0.5) is 4.39 Å². The van der Waals surface area contributed by atoms with Crippen molar-refractivity contribution < 1.29 is 9.18 Å². The summed E-state index contributed by atoms with van der Waals surface area (Å²) in [6.45, 7) is 5.26. The number of halogens is 1. The minimum atomic E-state index is -1.02. The van der Waals surface area contributed by atoms with Gasteiger partial charge in [0.2, 0.25) is 5.91 Å². The molecule has 1 heterocycles. The zero-order chi connectivity index (χ0) is 14.4. The van der Waals surface area contributed by atoms with Gasteiger partial charge in [-0.1, -0.05) is 18.2 Å². The Morgan fingerprint density at radius 2 is 1.84 bits per heavy atom. The molecule has 2 N–H and O–H groups in total. The van der Waals surface area contributed by atoms with E-state index in [-0.39, 0.29) is 17.7 Å². The molecule has 1 unspecified atom stereocenters. The molecular formula is C14H18FN3O. The van der Waals surface area contributed by atoms with E-state index in [1.54, 1.807) is 46.0 Å². The third-order valence-electron chi connectivity index (χ3n) is 4.14. The fraction of sp³-hybridized carbons (Fsp3) is 0.429. The molecule has 0 radical (unpaired) electrons. The maximum Gasteiger partial charge on any atom is 0.237 e. The molecule has 1 aliphatic heterocycles. The molecule has 0 aromatic heterocycles. The van der Waals surface area contributed by atoms with Crippen LogP contribution in [0.2, 0.25) is 0 Å². The zero-order valence-electron chi connectivity index (χ0n) is 11.6. The number of hydrogen-bond donors (Lipinski definition) is 1. The van der Waals surface area contributed by atoms with Gasteiger partial charge in [-0.25, -0.2) is 9.38 Å². The fourth-order valence-corrected chi connectivity index (χ4v) is 2.43. The Morgan fingerprint density at radius 3 is 2.42 bits per heavy atom. The molecule has 1 atom stereocenters. The number of benzene rings is 1. The van der Waals surface area contributed by atoms with E-state index in [1.165, 1.54) is 11.0 Å². The highest BCUT2D eigenvalue weighted by Crippen LogP contribution is 2.46. The van der Waals surface area contributed by atoms with E-state index in [1.807, 2.05) is 0 Å². The van der Waals surface area contributed by atoms with Crippen LogP contribution in [0.5, 0.6) is 0 Å². The lowest BCUT2D eigenvalue weighted by atomic mass is 9.67. The molecule has 0 fully saturated rings. The molecule has 0 saturated heterocycles. The van der Waals surface area contributed by atoms with E-state index < -0.39 is 11.0 Å². The maximum atomic E-state index is 14.1. The number of carbonyl (C=O) groups is 1. The van der Waals surface area contributed by atoms with Crippen molar-refractivity contribution >= 4 is 11.9 Å². The van der Waals surface area contributed by atoms with Gasteiger partial charge in [0.15, 0.2) is 5.96 Å². The second-order valence-corrected chi connectivity index (χ2v) is 5.51. The summed E-state index contributed by atoms with van der Waals surface area (Å²) in [6, 6.07) is 6.35. The molecule has 102 valence electrons. The highest BCUT2D eigenvalue weighted by molar-refractivity contribution is 6.01. The average molecular weight is 263 g/mol. The quantitative estimate of drug-likeness (QED) is 0.840. The monoisotopic (exact) mass is 263 g/mol. The SMILES string of the molecule is CN1C(=O)C(C)(C)C(C)(c2ccccc2F)N=C1N. The first kappa shape index (κ1) is 13.5. The van der Waals surface area contributed by atoms with Crippen molar-refractivity contribution in [3.63, 3.8) is 0 Å². The lowest BCUT2D eigenvalue weighted by Crippen LogP contribution is -2.58. The minimum Gasteiger partial charge on any atom is -0.369 e. The highest BCUT2D eigenvalue weighted by atomic mass is 19.1. The molecule has 1 aliphatic rings. The Kier molecular flexibility index (Phi) is 2.88. The predicted molar refractivity (Wildman–Crippen MR) is 71.9 cm³/mol. The summed E-state index contributed by atoms with van der Waals surface area (Å²) in [7, 11) is 1.57. The van der Waals surface area contributed by atoms with Gasteiger partial charge in [0.1, 0.15) is 11.4 Å². The first-order valence-electron chi connectivity index (χ1n) is 6.10. The lowest BCUT2D eigenvalue weighted by molar-refractivity contribution is -0.140. The molecule has 0 spiro atoms. The smallest absolute Gasteiger partial charge is 0.237 e. The summed E-state index contributed by atoms with van der Waals surface area (Å²) in [5.41, 5.74) is 4.26. The fourth-order valence-electron chi connectivity index (χ4n) is 2.43. The Bertz CT molecular complexity index is 568. The summed E-state index contributed by atoms with van der Waals surface area (Å²) in [6.07, 6.45) is 0. The number of guanidine groups is 1. The third kappa shape index (κ3) is 1.72. The minimum absolute atomic E-state index is 0.107. The molecule has 0 saturated carbocycles. The van der Waals surface area contributed by atoms with E-state index in [0.29, 0.717) is 5.56 Å². The van der Waals surface area contributed by atoms with Crippen molar-refractivity contribution in [1.82, 2.24) is 4.90 Å². The van der Waals surface area contributed by atoms with E-state index in [4.69, 9.17) is 5.73 Å². The molecule has 0 bridgehead atoms. The van der Waals surface area contributed by atoms with Crippen LogP contribution in [0, 0.1) is 11.2 Å². The largest absolute Gasteiger partial charge is 0.369 e. The Labute approximate surface area is 112 Å². The highest BCUT2D eigenvalue weighted by Gasteiger charge is 2.53. The van der Waals surface area contributed by atoms with Crippen molar-refractivity contribution in [1.29, 1.82) is 0 Å². The predicted octanol–water partition coefficient (Wildman–Crippen LogP) is 1.85. The van der Waals surface area contributed by atoms with Crippen LogP contribution < -0.4 is 5.73 Å². The van der Waals surface area contributed by atoms with Crippen LogP contribution >= 0.6 is 0 Å². The number of amides is 1. The lowest BCUT2D eigenvalue weighted by Gasteiger charge is -2.46. The number of aliphatic imine (C=N–C) groups is 1. The molecular weight excluding hydrogens is 245 g/mol. The summed E-state index contributed by atoms with van der Waals surface area (Å²) in [4.78, 5) is 18.1. The van der Waals surface area contributed by atoms with Crippen LogP contribution in [-0.4, -0.2) is 23.8 Å². The van der Waals surface area contributed by atoms with Gasteiger partial charge < -0.3 is 5.73 Å². The van der Waals surface area contributed by atoms with E-state index >= 15 is 0 Å². The number of hydrogen-bond acceptors (Lipinski definition) is 3. The van der Waals surface area contributed by atoms with Crippen LogP contribution in [0.15, 0.2) is 29.3 Å². The van der Waals surface area contributed by atoms with Crippen molar-refractivity contribution in [3.05, 3.63) is 35.6 Å². The Hall–Kier alpha value is -1.91. The normalized spacial score (nSPS) is 26.3. The molecule has 5 heteroatoms. The molecule has 19 heavy (non-hydrogen) atoms. The van der Waals surface area contributed by atoms with Gasteiger partial charge in [0, 0.05) is 12.6 Å². The molecule has 1 amide bonds. The molecule has 1 aromatic rings. The second kappa shape index (κ2) is 4.05. The van der Waals surface area contributed by atoms with Crippen LogP contribution in [0.3, 0.4) is 0 Å². The summed E-state index contributed by atoms with van der Waals surface area (Å²) in [5, 5.41) is 0. The van der Waals surface area contributed by atoms with Gasteiger partial charge in [0.25, 0.3) is 0 Å². The van der Waals surface area contributed by atoms with E-state index in [0.717, 1.165) is 0 Å². The van der Waals surface area contributed by atoms with E-state index in [2.05, 4.69) is 4.99 Å². The second-order valence-electron chi connectivity index (χ2n) is 5.51.